The molecule has 26 heavy (non-hydrogen) atoms. The molecule has 0 radical (unpaired) electrons. The molecule has 6 heteroatoms. The zero-order valence-electron chi connectivity index (χ0n) is 16.0. The molecule has 0 saturated heterocycles. The van der Waals surface area contributed by atoms with Crippen molar-refractivity contribution in [3.8, 4) is 22.8 Å². The van der Waals surface area contributed by atoms with Crippen molar-refractivity contribution in [2.45, 2.75) is 38.1 Å². The highest BCUT2D eigenvalue weighted by molar-refractivity contribution is 5.64. The van der Waals surface area contributed by atoms with Gasteiger partial charge in [0.15, 0.2) is 11.5 Å². The van der Waals surface area contributed by atoms with E-state index in [9.17, 15) is 4.79 Å². The fourth-order valence-corrected chi connectivity index (χ4v) is 3.54. The Morgan fingerprint density at radius 3 is 2.31 bits per heavy atom. The zero-order chi connectivity index (χ0) is 18.7. The van der Waals surface area contributed by atoms with Gasteiger partial charge >= 0.3 is 5.69 Å². The molecule has 3 rings (SSSR count). The topological polar surface area (TPSA) is 57.8 Å². The molecule has 1 fully saturated rings. The average Bonchev–Trinajstić information content (AvgIpc) is 2.68. The number of aromatic nitrogens is 2. The minimum atomic E-state index is -0.0909. The van der Waals surface area contributed by atoms with Crippen molar-refractivity contribution in [1.82, 2.24) is 9.13 Å². The SMILES string of the molecule is COc1ccc(-c2cc(=NC3CCCCC3)n(C)c(=O)n2C)cc1OC. The van der Waals surface area contributed by atoms with Crippen molar-refractivity contribution in [3.05, 3.63) is 40.2 Å². The van der Waals surface area contributed by atoms with E-state index in [1.165, 1.54) is 19.3 Å². The van der Waals surface area contributed by atoms with Gasteiger partial charge in [0.1, 0.15) is 5.49 Å². The van der Waals surface area contributed by atoms with E-state index < -0.39 is 0 Å². The van der Waals surface area contributed by atoms with E-state index in [4.69, 9.17) is 14.5 Å². The summed E-state index contributed by atoms with van der Waals surface area (Å²) in [5, 5.41) is 0. The van der Waals surface area contributed by atoms with Gasteiger partial charge in [-0.3, -0.25) is 14.1 Å². The standard InChI is InChI=1S/C20H27N3O3/c1-22-16(14-10-11-17(25-3)18(12-14)26-4)13-19(23(2)20(22)24)21-15-8-6-5-7-9-15/h10-13,15H,5-9H2,1-4H3. The third-order valence-electron chi connectivity index (χ3n) is 5.11. The lowest BCUT2D eigenvalue weighted by Gasteiger charge is -2.18. The van der Waals surface area contributed by atoms with Gasteiger partial charge in [0.05, 0.1) is 26.0 Å². The highest BCUT2D eigenvalue weighted by Crippen LogP contribution is 2.31. The Morgan fingerprint density at radius 1 is 0.962 bits per heavy atom. The summed E-state index contributed by atoms with van der Waals surface area (Å²) in [6, 6.07) is 7.96. The van der Waals surface area contributed by atoms with Gasteiger partial charge in [-0.05, 0) is 31.0 Å². The van der Waals surface area contributed by atoms with Gasteiger partial charge in [-0.1, -0.05) is 19.3 Å². The third-order valence-corrected chi connectivity index (χ3v) is 5.11. The van der Waals surface area contributed by atoms with Gasteiger partial charge in [0.2, 0.25) is 0 Å². The minimum Gasteiger partial charge on any atom is -0.493 e. The van der Waals surface area contributed by atoms with Crippen molar-refractivity contribution >= 4 is 0 Å². The smallest absolute Gasteiger partial charge is 0.329 e. The summed E-state index contributed by atoms with van der Waals surface area (Å²) in [4.78, 5) is 17.6. The summed E-state index contributed by atoms with van der Waals surface area (Å²) in [7, 11) is 6.77. The van der Waals surface area contributed by atoms with Crippen molar-refractivity contribution < 1.29 is 9.47 Å². The summed E-state index contributed by atoms with van der Waals surface area (Å²) >= 11 is 0. The Hall–Kier alpha value is -2.50. The van der Waals surface area contributed by atoms with Crippen LogP contribution >= 0.6 is 0 Å². The van der Waals surface area contributed by atoms with Crippen LogP contribution in [0.25, 0.3) is 11.3 Å². The molecular weight excluding hydrogens is 330 g/mol. The number of ether oxygens (including phenoxy) is 2. The number of benzene rings is 1. The molecule has 1 aliphatic carbocycles. The van der Waals surface area contributed by atoms with Gasteiger partial charge in [-0.15, -0.1) is 0 Å². The third kappa shape index (κ3) is 3.54. The molecule has 0 atom stereocenters. The van der Waals surface area contributed by atoms with Crippen LogP contribution in [0.2, 0.25) is 0 Å². The second kappa shape index (κ2) is 7.81. The van der Waals surface area contributed by atoms with Crippen molar-refractivity contribution in [2.24, 2.45) is 19.1 Å². The monoisotopic (exact) mass is 357 g/mol. The Morgan fingerprint density at radius 2 is 1.65 bits per heavy atom. The summed E-state index contributed by atoms with van der Waals surface area (Å²) in [6.07, 6.45) is 5.91. The maximum atomic E-state index is 12.7. The van der Waals surface area contributed by atoms with E-state index >= 15 is 0 Å². The molecule has 0 unspecified atom stereocenters. The van der Waals surface area contributed by atoms with Gasteiger partial charge in [-0.2, -0.15) is 0 Å². The molecule has 1 aromatic carbocycles. The second-order valence-electron chi connectivity index (χ2n) is 6.78. The molecule has 1 aromatic heterocycles. The first-order chi connectivity index (χ1) is 12.5. The fraction of sp³-hybridized carbons (Fsp3) is 0.500. The van der Waals surface area contributed by atoms with E-state index in [0.717, 1.165) is 29.6 Å². The molecule has 0 N–H and O–H groups in total. The molecule has 0 amide bonds. The molecule has 1 saturated carbocycles. The van der Waals surface area contributed by atoms with Crippen LogP contribution in [-0.2, 0) is 14.1 Å². The van der Waals surface area contributed by atoms with Crippen molar-refractivity contribution in [1.29, 1.82) is 0 Å². The van der Waals surface area contributed by atoms with E-state index in [1.807, 2.05) is 24.3 Å². The van der Waals surface area contributed by atoms with Crippen LogP contribution < -0.4 is 20.7 Å². The maximum absolute atomic E-state index is 12.7. The average molecular weight is 357 g/mol. The molecular formula is C20H27N3O3. The van der Waals surface area contributed by atoms with Crippen LogP contribution in [0.15, 0.2) is 34.1 Å². The highest BCUT2D eigenvalue weighted by Gasteiger charge is 2.14. The van der Waals surface area contributed by atoms with Crippen LogP contribution in [-0.4, -0.2) is 29.4 Å². The predicted octanol–water partition coefficient (Wildman–Crippen LogP) is 2.64. The number of methoxy groups -OCH3 is 2. The van der Waals surface area contributed by atoms with Crippen LogP contribution in [0.1, 0.15) is 32.1 Å². The molecule has 1 aliphatic rings. The zero-order valence-corrected chi connectivity index (χ0v) is 16.0. The van der Waals surface area contributed by atoms with E-state index in [0.29, 0.717) is 17.5 Å². The van der Waals surface area contributed by atoms with Gasteiger partial charge < -0.3 is 9.47 Å². The summed E-state index contributed by atoms with van der Waals surface area (Å²) < 4.78 is 14.0. The van der Waals surface area contributed by atoms with Crippen LogP contribution in [0.3, 0.4) is 0 Å². The molecule has 6 nitrogen and oxygen atoms in total. The molecule has 140 valence electrons. The number of nitrogens with zero attached hydrogens (tertiary/aromatic N) is 3. The van der Waals surface area contributed by atoms with Crippen LogP contribution in [0.5, 0.6) is 11.5 Å². The van der Waals surface area contributed by atoms with Crippen molar-refractivity contribution in [3.63, 3.8) is 0 Å². The maximum Gasteiger partial charge on any atom is 0.329 e. The van der Waals surface area contributed by atoms with E-state index in [2.05, 4.69) is 0 Å². The molecule has 0 bridgehead atoms. The van der Waals surface area contributed by atoms with Gasteiger partial charge in [0, 0.05) is 25.7 Å². The minimum absolute atomic E-state index is 0.0909. The normalized spacial score (nSPS) is 15.9. The number of hydrogen-bond acceptors (Lipinski definition) is 4. The number of hydrogen-bond donors (Lipinski definition) is 0. The second-order valence-corrected chi connectivity index (χ2v) is 6.78. The predicted molar refractivity (Wildman–Crippen MR) is 102 cm³/mol. The molecule has 0 aliphatic heterocycles. The lowest BCUT2D eigenvalue weighted by Crippen LogP contribution is -2.38. The van der Waals surface area contributed by atoms with E-state index in [-0.39, 0.29) is 5.69 Å². The Balaban J connectivity index is 2.13. The Labute approximate surface area is 153 Å². The van der Waals surface area contributed by atoms with Gasteiger partial charge in [0.25, 0.3) is 0 Å². The Kier molecular flexibility index (Phi) is 5.49. The lowest BCUT2D eigenvalue weighted by molar-refractivity contribution is 0.355. The quantitative estimate of drug-likeness (QED) is 0.845. The number of rotatable bonds is 4. The molecule has 0 spiro atoms. The highest BCUT2D eigenvalue weighted by atomic mass is 16.5. The fourth-order valence-electron chi connectivity index (χ4n) is 3.54. The summed E-state index contributed by atoms with van der Waals surface area (Å²) in [6.45, 7) is 0. The summed E-state index contributed by atoms with van der Waals surface area (Å²) in [5.74, 6) is 1.30. The first-order valence-corrected chi connectivity index (χ1v) is 9.08. The van der Waals surface area contributed by atoms with Crippen LogP contribution in [0.4, 0.5) is 0 Å². The lowest BCUT2D eigenvalue weighted by atomic mass is 9.96. The van der Waals surface area contributed by atoms with E-state index in [1.54, 1.807) is 37.4 Å². The van der Waals surface area contributed by atoms with Gasteiger partial charge in [-0.25, -0.2) is 4.79 Å². The first-order valence-electron chi connectivity index (χ1n) is 9.08. The molecule has 2 aromatic rings. The summed E-state index contributed by atoms with van der Waals surface area (Å²) in [5.41, 5.74) is 2.34. The Bertz CT molecular complexity index is 905. The van der Waals surface area contributed by atoms with Crippen LogP contribution in [0, 0.1) is 0 Å². The van der Waals surface area contributed by atoms with Crippen molar-refractivity contribution in [2.75, 3.05) is 14.2 Å². The largest absolute Gasteiger partial charge is 0.493 e. The molecule has 1 heterocycles. The first kappa shape index (κ1) is 18.3.